The monoisotopic (exact) mass is 345 g/mol. The SMILES string of the molecule is O=C(Cc1n[nH]c(=O)c2ccccc12)Nc1ccccc1OC(F)F. The van der Waals surface area contributed by atoms with Crippen LogP contribution in [0.25, 0.3) is 10.8 Å². The number of fused-ring (bicyclic) bond motifs is 1. The van der Waals surface area contributed by atoms with Crippen LogP contribution in [-0.4, -0.2) is 22.7 Å². The number of carbonyl (C=O) groups is 1. The summed E-state index contributed by atoms with van der Waals surface area (Å²) in [6.45, 7) is -3.00. The molecule has 0 unspecified atom stereocenters. The van der Waals surface area contributed by atoms with Gasteiger partial charge in [-0.1, -0.05) is 30.3 Å². The summed E-state index contributed by atoms with van der Waals surface area (Å²) in [6.07, 6.45) is -0.139. The van der Waals surface area contributed by atoms with E-state index in [9.17, 15) is 18.4 Å². The second-order valence-electron chi connectivity index (χ2n) is 5.14. The lowest BCUT2D eigenvalue weighted by molar-refractivity contribution is -0.115. The van der Waals surface area contributed by atoms with Crippen molar-refractivity contribution in [2.24, 2.45) is 0 Å². The van der Waals surface area contributed by atoms with Crippen molar-refractivity contribution in [1.29, 1.82) is 0 Å². The van der Waals surface area contributed by atoms with Gasteiger partial charge in [0.1, 0.15) is 5.75 Å². The molecule has 0 aliphatic heterocycles. The van der Waals surface area contributed by atoms with E-state index in [4.69, 9.17) is 0 Å². The smallest absolute Gasteiger partial charge is 0.387 e. The highest BCUT2D eigenvalue weighted by molar-refractivity contribution is 5.96. The first kappa shape index (κ1) is 16.6. The van der Waals surface area contributed by atoms with Crippen molar-refractivity contribution >= 4 is 22.4 Å². The van der Waals surface area contributed by atoms with Gasteiger partial charge in [0.15, 0.2) is 0 Å². The Morgan fingerprint density at radius 3 is 2.56 bits per heavy atom. The second kappa shape index (κ2) is 7.08. The standard InChI is InChI=1S/C17H13F2N3O3/c18-17(19)25-14-8-4-3-7-12(14)20-15(23)9-13-10-5-1-2-6-11(10)16(24)22-21-13/h1-8,17H,9H2,(H,20,23)(H,22,24). The average Bonchev–Trinajstić information content (AvgIpc) is 2.59. The van der Waals surface area contributed by atoms with Gasteiger partial charge >= 0.3 is 6.61 Å². The van der Waals surface area contributed by atoms with E-state index >= 15 is 0 Å². The van der Waals surface area contributed by atoms with Crippen molar-refractivity contribution in [3.05, 3.63) is 64.6 Å². The molecule has 0 aliphatic rings. The Hall–Kier alpha value is -3.29. The molecule has 0 spiro atoms. The summed E-state index contributed by atoms with van der Waals surface area (Å²) >= 11 is 0. The summed E-state index contributed by atoms with van der Waals surface area (Å²) in [5, 5.41) is 9.74. The molecule has 0 saturated heterocycles. The molecule has 25 heavy (non-hydrogen) atoms. The van der Waals surface area contributed by atoms with Crippen LogP contribution >= 0.6 is 0 Å². The lowest BCUT2D eigenvalue weighted by Gasteiger charge is -2.11. The number of hydrogen-bond donors (Lipinski definition) is 2. The first-order chi connectivity index (χ1) is 12.0. The molecule has 0 saturated carbocycles. The fourth-order valence-corrected chi connectivity index (χ4v) is 2.42. The van der Waals surface area contributed by atoms with Crippen LogP contribution in [0.2, 0.25) is 0 Å². The number of aromatic nitrogens is 2. The van der Waals surface area contributed by atoms with E-state index in [2.05, 4.69) is 20.3 Å². The maximum Gasteiger partial charge on any atom is 0.387 e. The second-order valence-corrected chi connectivity index (χ2v) is 5.14. The zero-order valence-corrected chi connectivity index (χ0v) is 12.8. The molecule has 3 rings (SSSR count). The van der Waals surface area contributed by atoms with E-state index in [0.717, 1.165) is 0 Å². The summed E-state index contributed by atoms with van der Waals surface area (Å²) in [4.78, 5) is 24.0. The van der Waals surface area contributed by atoms with E-state index in [0.29, 0.717) is 16.5 Å². The Balaban J connectivity index is 1.83. The summed E-state index contributed by atoms with van der Waals surface area (Å²) in [7, 11) is 0. The first-order valence-corrected chi connectivity index (χ1v) is 7.34. The molecule has 1 heterocycles. The highest BCUT2D eigenvalue weighted by Gasteiger charge is 2.14. The third kappa shape index (κ3) is 3.79. The van der Waals surface area contributed by atoms with Crippen LogP contribution < -0.4 is 15.6 Å². The number of aromatic amines is 1. The molecule has 1 aromatic heterocycles. The quantitative estimate of drug-likeness (QED) is 0.745. The van der Waals surface area contributed by atoms with Crippen LogP contribution in [0, 0.1) is 0 Å². The fraction of sp³-hybridized carbons (Fsp3) is 0.118. The number of anilines is 1. The lowest BCUT2D eigenvalue weighted by atomic mass is 10.1. The molecular weight excluding hydrogens is 332 g/mol. The maximum atomic E-state index is 12.4. The molecule has 0 atom stereocenters. The predicted molar refractivity (Wildman–Crippen MR) is 87.8 cm³/mol. The Labute approximate surface area is 140 Å². The molecule has 1 amide bonds. The molecule has 6 nitrogen and oxygen atoms in total. The number of ether oxygens (including phenoxy) is 1. The van der Waals surface area contributed by atoms with Crippen LogP contribution in [0.5, 0.6) is 5.75 Å². The topological polar surface area (TPSA) is 84.1 Å². The number of benzene rings is 2. The van der Waals surface area contributed by atoms with Gasteiger partial charge in [0.05, 0.1) is 23.2 Å². The number of hydrogen-bond acceptors (Lipinski definition) is 4. The molecule has 0 bridgehead atoms. The molecule has 0 aliphatic carbocycles. The van der Waals surface area contributed by atoms with E-state index in [1.807, 2.05) is 0 Å². The minimum Gasteiger partial charge on any atom is -0.433 e. The van der Waals surface area contributed by atoms with Gasteiger partial charge in [-0.2, -0.15) is 13.9 Å². The highest BCUT2D eigenvalue weighted by atomic mass is 19.3. The fourth-order valence-electron chi connectivity index (χ4n) is 2.42. The number of nitrogens with one attached hydrogen (secondary N) is 2. The van der Waals surface area contributed by atoms with Crippen molar-refractivity contribution in [3.63, 3.8) is 0 Å². The predicted octanol–water partition coefficient (Wildman–Crippen LogP) is 2.71. The van der Waals surface area contributed by atoms with Crippen molar-refractivity contribution in [3.8, 4) is 5.75 Å². The van der Waals surface area contributed by atoms with Crippen LogP contribution in [0.1, 0.15) is 5.69 Å². The van der Waals surface area contributed by atoms with Crippen molar-refractivity contribution in [1.82, 2.24) is 10.2 Å². The molecule has 2 aromatic carbocycles. The first-order valence-electron chi connectivity index (χ1n) is 7.34. The molecule has 2 N–H and O–H groups in total. The zero-order valence-electron chi connectivity index (χ0n) is 12.8. The van der Waals surface area contributed by atoms with Gasteiger partial charge in [0.2, 0.25) is 5.91 Å². The number of H-pyrrole nitrogens is 1. The molecular formula is C17H13F2N3O3. The van der Waals surface area contributed by atoms with Crippen LogP contribution in [-0.2, 0) is 11.2 Å². The van der Waals surface area contributed by atoms with Gasteiger partial charge in [-0.15, -0.1) is 0 Å². The van der Waals surface area contributed by atoms with Gasteiger partial charge in [0, 0.05) is 5.39 Å². The van der Waals surface area contributed by atoms with Gasteiger partial charge in [-0.05, 0) is 18.2 Å². The third-order valence-electron chi connectivity index (χ3n) is 3.48. The summed E-state index contributed by atoms with van der Waals surface area (Å²) in [5.41, 5.74) is 0.150. The number of nitrogens with zero attached hydrogens (tertiary/aromatic N) is 1. The van der Waals surface area contributed by atoms with E-state index < -0.39 is 12.5 Å². The van der Waals surface area contributed by atoms with Crippen LogP contribution in [0.4, 0.5) is 14.5 Å². The van der Waals surface area contributed by atoms with Gasteiger partial charge in [0.25, 0.3) is 5.56 Å². The lowest BCUT2D eigenvalue weighted by Crippen LogP contribution is -2.19. The van der Waals surface area contributed by atoms with Gasteiger partial charge in [-0.3, -0.25) is 9.59 Å². The molecule has 128 valence electrons. The number of halogens is 2. The molecule has 8 heteroatoms. The summed E-state index contributed by atoms with van der Waals surface area (Å²) in [6, 6.07) is 12.6. The number of carbonyl (C=O) groups excluding carboxylic acids is 1. The Morgan fingerprint density at radius 2 is 1.80 bits per heavy atom. The van der Waals surface area contributed by atoms with Gasteiger partial charge < -0.3 is 10.1 Å². The molecule has 0 fully saturated rings. The van der Waals surface area contributed by atoms with E-state index in [1.165, 1.54) is 18.2 Å². The van der Waals surface area contributed by atoms with Crippen LogP contribution in [0.15, 0.2) is 53.3 Å². The summed E-state index contributed by atoms with van der Waals surface area (Å²) < 4.78 is 29.2. The average molecular weight is 345 g/mol. The minimum atomic E-state index is -3.00. The molecule has 0 radical (unpaired) electrons. The minimum absolute atomic E-state index is 0.126. The number of alkyl halides is 2. The van der Waals surface area contributed by atoms with Crippen molar-refractivity contribution in [2.45, 2.75) is 13.0 Å². The summed E-state index contributed by atoms with van der Waals surface area (Å²) in [5.74, 6) is -0.611. The highest BCUT2D eigenvalue weighted by Crippen LogP contribution is 2.25. The largest absolute Gasteiger partial charge is 0.433 e. The third-order valence-corrected chi connectivity index (χ3v) is 3.48. The molecule has 3 aromatic rings. The van der Waals surface area contributed by atoms with E-state index in [-0.39, 0.29) is 23.4 Å². The van der Waals surface area contributed by atoms with Gasteiger partial charge in [-0.25, -0.2) is 5.10 Å². The van der Waals surface area contributed by atoms with Crippen molar-refractivity contribution < 1.29 is 18.3 Å². The van der Waals surface area contributed by atoms with Crippen LogP contribution in [0.3, 0.4) is 0 Å². The maximum absolute atomic E-state index is 12.4. The zero-order chi connectivity index (χ0) is 17.8. The Bertz CT molecular complexity index is 973. The Morgan fingerprint density at radius 1 is 1.12 bits per heavy atom. The number of para-hydroxylation sites is 2. The number of rotatable bonds is 5. The van der Waals surface area contributed by atoms with E-state index in [1.54, 1.807) is 30.3 Å². The van der Waals surface area contributed by atoms with Crippen molar-refractivity contribution in [2.75, 3.05) is 5.32 Å². The Kier molecular flexibility index (Phi) is 4.69. The normalized spacial score (nSPS) is 10.8. The number of amides is 1.